The number of likely N-dealkylation sites (tertiary alicyclic amines) is 1. The maximum Gasteiger partial charge on any atom is 0.187 e. The number of hydrogen-bond donors (Lipinski definition) is 1. The second-order valence-corrected chi connectivity index (χ2v) is 10.0. The van der Waals surface area contributed by atoms with Crippen molar-refractivity contribution in [1.82, 2.24) is 9.88 Å². The first-order chi connectivity index (χ1) is 13.6. The van der Waals surface area contributed by atoms with Gasteiger partial charge in [0.05, 0.1) is 11.5 Å². The Kier molecular flexibility index (Phi) is 6.48. The Morgan fingerprint density at radius 3 is 2.71 bits per heavy atom. The third kappa shape index (κ3) is 4.65. The van der Waals surface area contributed by atoms with Crippen LogP contribution in [-0.2, 0) is 13.0 Å². The monoisotopic (exact) mass is 439 g/mol. The minimum absolute atomic E-state index is 0.127. The van der Waals surface area contributed by atoms with Gasteiger partial charge in [-0.15, -0.1) is 0 Å². The summed E-state index contributed by atoms with van der Waals surface area (Å²) < 4.78 is 0. The molecule has 1 aromatic heterocycles. The van der Waals surface area contributed by atoms with Crippen molar-refractivity contribution in [3.63, 3.8) is 0 Å². The lowest BCUT2D eigenvalue weighted by Gasteiger charge is -2.42. The number of hydrogen-bond acceptors (Lipinski definition) is 5. The Bertz CT molecular complexity index is 809. The van der Waals surface area contributed by atoms with Crippen molar-refractivity contribution in [3.05, 3.63) is 44.9 Å². The number of aromatic nitrogens is 1. The van der Waals surface area contributed by atoms with E-state index in [2.05, 4.69) is 20.9 Å². The molecule has 152 valence electrons. The van der Waals surface area contributed by atoms with Gasteiger partial charge in [-0.25, -0.2) is 4.98 Å². The molecule has 0 amide bonds. The van der Waals surface area contributed by atoms with Crippen LogP contribution in [0.3, 0.4) is 0 Å². The topological polar surface area (TPSA) is 39.6 Å². The number of aliphatic hydroxyl groups excluding tert-OH is 1. The molecule has 0 saturated carbocycles. The number of halogens is 2. The van der Waals surface area contributed by atoms with E-state index in [0.29, 0.717) is 5.15 Å². The number of anilines is 1. The van der Waals surface area contributed by atoms with Crippen molar-refractivity contribution in [3.8, 4) is 0 Å². The van der Waals surface area contributed by atoms with Gasteiger partial charge in [-0.2, -0.15) is 0 Å². The lowest BCUT2D eigenvalue weighted by atomic mass is 9.75. The molecule has 0 aliphatic carbocycles. The van der Waals surface area contributed by atoms with E-state index in [0.717, 1.165) is 67.0 Å². The van der Waals surface area contributed by atoms with Crippen molar-refractivity contribution in [2.75, 3.05) is 37.7 Å². The van der Waals surface area contributed by atoms with Gasteiger partial charge in [-0.3, -0.25) is 4.90 Å². The molecule has 2 aliphatic heterocycles. The van der Waals surface area contributed by atoms with Gasteiger partial charge in [0.25, 0.3) is 0 Å². The average Bonchev–Trinajstić information content (AvgIpc) is 3.32. The number of aliphatic hydroxyl groups is 1. The summed E-state index contributed by atoms with van der Waals surface area (Å²) in [6, 6.07) is 8.00. The molecule has 28 heavy (non-hydrogen) atoms. The molecule has 4 rings (SSSR count). The minimum Gasteiger partial charge on any atom is -0.396 e. The fourth-order valence-electron chi connectivity index (χ4n) is 4.52. The van der Waals surface area contributed by atoms with Crippen LogP contribution < -0.4 is 4.90 Å². The van der Waals surface area contributed by atoms with Crippen LogP contribution in [0.1, 0.15) is 36.1 Å². The van der Waals surface area contributed by atoms with Crippen molar-refractivity contribution >= 4 is 39.7 Å². The van der Waals surface area contributed by atoms with Gasteiger partial charge in [0.2, 0.25) is 0 Å². The second-order valence-electron chi connectivity index (χ2n) is 8.18. The first-order valence-electron chi connectivity index (χ1n) is 10.0. The molecule has 0 bridgehead atoms. The molecule has 7 heteroatoms. The molecule has 2 saturated heterocycles. The molecule has 2 aromatic rings. The highest BCUT2D eigenvalue weighted by atomic mass is 35.5. The normalized spacial score (nSPS) is 23.5. The Labute approximate surface area is 181 Å². The number of rotatable bonds is 6. The summed E-state index contributed by atoms with van der Waals surface area (Å²) in [6.45, 7) is 5.06. The molecular weight excluding hydrogens is 413 g/mol. The van der Waals surface area contributed by atoms with E-state index in [1.54, 1.807) is 11.3 Å². The van der Waals surface area contributed by atoms with Gasteiger partial charge >= 0.3 is 0 Å². The van der Waals surface area contributed by atoms with E-state index in [-0.39, 0.29) is 12.0 Å². The van der Waals surface area contributed by atoms with E-state index in [9.17, 15) is 5.11 Å². The standard InChI is InChI=1S/C21H27Cl2N3OS/c22-17-6-3-5-16(11-17)12-21(15-27)7-4-8-25(14-21)13-18-19(23)24-20(28-18)26-9-1-2-10-26/h3,5-6,11,27H,1-2,4,7-10,12-15H2/t21-/m0/s1. The molecule has 1 atom stereocenters. The number of piperidine rings is 1. The Morgan fingerprint density at radius 1 is 1.14 bits per heavy atom. The second kappa shape index (κ2) is 8.88. The van der Waals surface area contributed by atoms with Gasteiger partial charge < -0.3 is 10.0 Å². The summed E-state index contributed by atoms with van der Waals surface area (Å²) in [5.74, 6) is 0. The van der Waals surface area contributed by atoms with Gasteiger partial charge in [-0.1, -0.05) is 46.7 Å². The first kappa shape index (κ1) is 20.4. The van der Waals surface area contributed by atoms with Crippen molar-refractivity contribution in [2.45, 2.75) is 38.6 Å². The number of benzene rings is 1. The van der Waals surface area contributed by atoms with Crippen LogP contribution in [0.4, 0.5) is 5.13 Å². The van der Waals surface area contributed by atoms with Gasteiger partial charge in [0.15, 0.2) is 5.13 Å². The highest BCUT2D eigenvalue weighted by molar-refractivity contribution is 7.16. The van der Waals surface area contributed by atoms with Crippen LogP contribution >= 0.6 is 34.5 Å². The van der Waals surface area contributed by atoms with Crippen LogP contribution in [-0.4, -0.2) is 47.8 Å². The molecule has 0 radical (unpaired) electrons. The predicted molar refractivity (Wildman–Crippen MR) is 118 cm³/mol. The van der Waals surface area contributed by atoms with Gasteiger partial charge in [0, 0.05) is 36.6 Å². The smallest absolute Gasteiger partial charge is 0.187 e. The maximum atomic E-state index is 10.3. The lowest BCUT2D eigenvalue weighted by Crippen LogP contribution is -2.46. The van der Waals surface area contributed by atoms with E-state index in [1.807, 2.05) is 18.2 Å². The quantitative estimate of drug-likeness (QED) is 0.696. The summed E-state index contributed by atoms with van der Waals surface area (Å²) in [7, 11) is 0. The SMILES string of the molecule is OC[C@]1(Cc2cccc(Cl)c2)CCCN(Cc2sc(N3CCCC3)nc2Cl)C1. The zero-order chi connectivity index (χ0) is 19.6. The summed E-state index contributed by atoms with van der Waals surface area (Å²) in [6.07, 6.45) is 5.43. The van der Waals surface area contributed by atoms with Crippen LogP contribution in [0.2, 0.25) is 10.2 Å². The molecule has 4 nitrogen and oxygen atoms in total. The van der Waals surface area contributed by atoms with E-state index in [1.165, 1.54) is 18.4 Å². The Hall–Kier alpha value is -0.850. The van der Waals surface area contributed by atoms with Gasteiger partial charge in [-0.05, 0) is 56.3 Å². The molecule has 0 spiro atoms. The lowest BCUT2D eigenvalue weighted by molar-refractivity contribution is 0.0293. The molecule has 2 aliphatic rings. The van der Waals surface area contributed by atoms with E-state index >= 15 is 0 Å². The predicted octanol–water partition coefficient (Wildman–Crippen LogP) is 4.87. The summed E-state index contributed by atoms with van der Waals surface area (Å²) in [5, 5.41) is 12.7. The van der Waals surface area contributed by atoms with Gasteiger partial charge in [0.1, 0.15) is 5.15 Å². The molecule has 2 fully saturated rings. The van der Waals surface area contributed by atoms with Crippen LogP contribution in [0.25, 0.3) is 0 Å². The van der Waals surface area contributed by atoms with E-state index in [4.69, 9.17) is 23.2 Å². The third-order valence-corrected chi connectivity index (χ3v) is 7.69. The van der Waals surface area contributed by atoms with Crippen LogP contribution in [0.5, 0.6) is 0 Å². The molecule has 1 aromatic carbocycles. The average molecular weight is 440 g/mol. The molecule has 0 unspecified atom stereocenters. The molecule has 1 N–H and O–H groups in total. The van der Waals surface area contributed by atoms with Crippen molar-refractivity contribution in [2.24, 2.45) is 5.41 Å². The zero-order valence-electron chi connectivity index (χ0n) is 16.0. The van der Waals surface area contributed by atoms with Crippen LogP contribution in [0, 0.1) is 5.41 Å². The molecule has 3 heterocycles. The molecular formula is C21H27Cl2N3OS. The van der Waals surface area contributed by atoms with E-state index < -0.39 is 0 Å². The highest BCUT2D eigenvalue weighted by Gasteiger charge is 2.35. The first-order valence-corrected chi connectivity index (χ1v) is 11.6. The van der Waals surface area contributed by atoms with Crippen molar-refractivity contribution < 1.29 is 5.11 Å². The zero-order valence-corrected chi connectivity index (χ0v) is 18.4. The minimum atomic E-state index is -0.127. The van der Waals surface area contributed by atoms with Crippen molar-refractivity contribution in [1.29, 1.82) is 0 Å². The summed E-state index contributed by atoms with van der Waals surface area (Å²) in [4.78, 5) is 10.5. The van der Waals surface area contributed by atoms with Crippen LogP contribution in [0.15, 0.2) is 24.3 Å². The number of nitrogens with zero attached hydrogens (tertiary/aromatic N) is 3. The Morgan fingerprint density at radius 2 is 1.96 bits per heavy atom. The fourth-order valence-corrected chi connectivity index (χ4v) is 6.08. The largest absolute Gasteiger partial charge is 0.396 e. The number of thiazole rings is 1. The maximum absolute atomic E-state index is 10.3. The third-order valence-electron chi connectivity index (χ3n) is 5.93. The fraction of sp³-hybridized carbons (Fsp3) is 0.571. The Balaban J connectivity index is 1.45. The summed E-state index contributed by atoms with van der Waals surface area (Å²) in [5.41, 5.74) is 1.06. The highest BCUT2D eigenvalue weighted by Crippen LogP contribution is 2.37. The summed E-state index contributed by atoms with van der Waals surface area (Å²) >= 11 is 14.4.